The van der Waals surface area contributed by atoms with Crippen LogP contribution < -0.4 is 0 Å². The largest absolute Gasteiger partial charge is 0.303 e. The van der Waals surface area contributed by atoms with Crippen molar-refractivity contribution in [3.05, 3.63) is 35.4 Å². The zero-order valence-corrected chi connectivity index (χ0v) is 13.3. The number of hydrogen-bond donors (Lipinski definition) is 0. The fourth-order valence-corrected chi connectivity index (χ4v) is 2.47. The summed E-state index contributed by atoms with van der Waals surface area (Å²) in [5, 5.41) is 0. The molecule has 19 heavy (non-hydrogen) atoms. The van der Waals surface area contributed by atoms with Gasteiger partial charge < -0.3 is 4.90 Å². The molecule has 0 radical (unpaired) electrons. The first-order valence-corrected chi connectivity index (χ1v) is 8.23. The maximum atomic E-state index is 12.1. The minimum atomic E-state index is 0.240. The van der Waals surface area contributed by atoms with Crippen molar-refractivity contribution < 1.29 is 4.79 Å². The Morgan fingerprint density at radius 2 is 1.95 bits per heavy atom. The van der Waals surface area contributed by atoms with E-state index in [9.17, 15) is 4.79 Å². The first-order valence-electron chi connectivity index (χ1n) is 6.83. The molecule has 1 unspecified atom stereocenters. The lowest BCUT2D eigenvalue weighted by atomic mass is 10.1. The van der Waals surface area contributed by atoms with Crippen molar-refractivity contribution >= 4 is 17.5 Å². The van der Waals surface area contributed by atoms with Crippen molar-refractivity contribution in [1.82, 2.24) is 4.90 Å². The van der Waals surface area contributed by atoms with Crippen LogP contribution in [-0.4, -0.2) is 42.3 Å². The lowest BCUT2D eigenvalue weighted by molar-refractivity contribution is 0.0962. The fourth-order valence-electron chi connectivity index (χ4n) is 1.89. The summed E-state index contributed by atoms with van der Waals surface area (Å²) < 4.78 is 0. The van der Waals surface area contributed by atoms with E-state index in [1.807, 2.05) is 43.0 Å². The molecule has 0 bridgehead atoms. The molecule has 0 heterocycles. The van der Waals surface area contributed by atoms with Crippen LogP contribution in [0.15, 0.2) is 24.3 Å². The molecule has 0 aliphatic heterocycles. The van der Waals surface area contributed by atoms with Crippen LogP contribution in [0.25, 0.3) is 0 Å². The summed E-state index contributed by atoms with van der Waals surface area (Å²) in [7, 11) is 2.10. The average molecular weight is 279 g/mol. The number of hydrogen-bond acceptors (Lipinski definition) is 3. The van der Waals surface area contributed by atoms with Crippen LogP contribution in [0.3, 0.4) is 0 Å². The van der Waals surface area contributed by atoms with Gasteiger partial charge in [0, 0.05) is 24.6 Å². The number of carbonyl (C=O) groups is 1. The summed E-state index contributed by atoms with van der Waals surface area (Å²) in [4.78, 5) is 14.3. The number of ketones is 1. The van der Waals surface area contributed by atoms with Gasteiger partial charge in [0.15, 0.2) is 5.78 Å². The van der Waals surface area contributed by atoms with E-state index in [0.717, 1.165) is 12.1 Å². The second-order valence-electron chi connectivity index (χ2n) is 5.15. The molecule has 0 amide bonds. The van der Waals surface area contributed by atoms with E-state index in [0.29, 0.717) is 12.5 Å². The molecule has 0 N–H and O–H groups in total. The van der Waals surface area contributed by atoms with Gasteiger partial charge in [0.2, 0.25) is 0 Å². The summed E-state index contributed by atoms with van der Waals surface area (Å²) in [5.41, 5.74) is 2.02. The third-order valence-electron chi connectivity index (χ3n) is 3.56. The predicted molar refractivity (Wildman–Crippen MR) is 85.2 cm³/mol. The number of nitrogens with zero attached hydrogens (tertiary/aromatic N) is 1. The molecule has 0 saturated heterocycles. The Balaban J connectivity index is 2.39. The molecule has 1 aromatic carbocycles. The van der Waals surface area contributed by atoms with E-state index in [1.54, 1.807) is 0 Å². The van der Waals surface area contributed by atoms with E-state index < -0.39 is 0 Å². The molecule has 0 aliphatic rings. The molecule has 0 fully saturated rings. The smallest absolute Gasteiger partial charge is 0.164 e. The second-order valence-corrected chi connectivity index (χ2v) is 6.14. The molecule has 2 nitrogen and oxygen atoms in total. The number of benzene rings is 1. The summed E-state index contributed by atoms with van der Waals surface area (Å²) in [6.45, 7) is 5.10. The van der Waals surface area contributed by atoms with Crippen LogP contribution in [0.2, 0.25) is 0 Å². The molecule has 0 saturated carbocycles. The van der Waals surface area contributed by atoms with Gasteiger partial charge in [-0.3, -0.25) is 4.79 Å². The first-order chi connectivity index (χ1) is 9.04. The highest BCUT2D eigenvalue weighted by atomic mass is 32.2. The van der Waals surface area contributed by atoms with E-state index in [2.05, 4.69) is 25.1 Å². The molecule has 3 heteroatoms. The van der Waals surface area contributed by atoms with E-state index >= 15 is 0 Å². The van der Waals surface area contributed by atoms with Gasteiger partial charge in [-0.25, -0.2) is 0 Å². The second kappa shape index (κ2) is 8.39. The maximum Gasteiger partial charge on any atom is 0.164 e. The summed E-state index contributed by atoms with van der Waals surface area (Å²) >= 11 is 1.88. The molecule has 0 spiro atoms. The fraction of sp³-hybridized carbons (Fsp3) is 0.562. The Kier molecular flexibility index (Phi) is 7.17. The van der Waals surface area contributed by atoms with Crippen molar-refractivity contribution in [1.29, 1.82) is 0 Å². The summed E-state index contributed by atoms with van der Waals surface area (Å²) in [6.07, 6.45) is 3.91. The SMILES string of the molecule is CSCCC(C)N(C)CCC(=O)c1ccc(C)cc1. The van der Waals surface area contributed by atoms with Crippen LogP contribution in [0.5, 0.6) is 0 Å². The topological polar surface area (TPSA) is 20.3 Å². The van der Waals surface area contributed by atoms with Gasteiger partial charge in [-0.1, -0.05) is 29.8 Å². The summed E-state index contributed by atoms with van der Waals surface area (Å²) in [6, 6.07) is 8.39. The van der Waals surface area contributed by atoms with Crippen LogP contribution in [0.4, 0.5) is 0 Å². The molecular formula is C16H25NOS. The zero-order valence-electron chi connectivity index (χ0n) is 12.5. The number of carbonyl (C=O) groups excluding carboxylic acids is 1. The summed E-state index contributed by atoms with van der Waals surface area (Å²) in [5.74, 6) is 1.42. The van der Waals surface area contributed by atoms with Crippen molar-refractivity contribution in [3.63, 3.8) is 0 Å². The van der Waals surface area contributed by atoms with Gasteiger partial charge in [0.05, 0.1) is 0 Å². The first kappa shape index (κ1) is 16.3. The third-order valence-corrected chi connectivity index (χ3v) is 4.20. The van der Waals surface area contributed by atoms with Gasteiger partial charge in [-0.05, 0) is 39.3 Å². The zero-order chi connectivity index (χ0) is 14.3. The third kappa shape index (κ3) is 5.79. The van der Waals surface area contributed by atoms with Crippen molar-refractivity contribution in [2.45, 2.75) is 32.7 Å². The molecule has 1 aromatic rings. The number of aryl methyl sites for hydroxylation is 1. The molecular weight excluding hydrogens is 254 g/mol. The Labute approximate surface area is 121 Å². The molecule has 1 atom stereocenters. The number of thioether (sulfide) groups is 1. The van der Waals surface area contributed by atoms with Gasteiger partial charge >= 0.3 is 0 Å². The van der Waals surface area contributed by atoms with Crippen LogP contribution >= 0.6 is 11.8 Å². The van der Waals surface area contributed by atoms with Gasteiger partial charge in [-0.15, -0.1) is 0 Å². The average Bonchev–Trinajstić information content (AvgIpc) is 2.42. The Bertz CT molecular complexity index is 388. The number of rotatable bonds is 8. The Hall–Kier alpha value is -0.800. The van der Waals surface area contributed by atoms with Crippen LogP contribution in [-0.2, 0) is 0 Å². The van der Waals surface area contributed by atoms with Crippen LogP contribution in [0, 0.1) is 6.92 Å². The minimum Gasteiger partial charge on any atom is -0.303 e. The Morgan fingerprint density at radius 3 is 2.53 bits per heavy atom. The van der Waals surface area contributed by atoms with Gasteiger partial charge in [0.1, 0.15) is 0 Å². The number of Topliss-reactive ketones (excluding diaryl/α,β-unsaturated/α-hetero) is 1. The maximum absolute atomic E-state index is 12.1. The highest BCUT2D eigenvalue weighted by Gasteiger charge is 2.11. The highest BCUT2D eigenvalue weighted by molar-refractivity contribution is 7.98. The molecule has 1 rings (SSSR count). The minimum absolute atomic E-state index is 0.240. The van der Waals surface area contributed by atoms with Gasteiger partial charge in [0.25, 0.3) is 0 Å². The predicted octanol–water partition coefficient (Wildman–Crippen LogP) is 3.64. The van der Waals surface area contributed by atoms with Gasteiger partial charge in [-0.2, -0.15) is 11.8 Å². The van der Waals surface area contributed by atoms with E-state index in [-0.39, 0.29) is 5.78 Å². The highest BCUT2D eigenvalue weighted by Crippen LogP contribution is 2.09. The standard InChI is InChI=1S/C16H25NOS/c1-13-5-7-15(8-6-13)16(18)9-11-17(3)14(2)10-12-19-4/h5-8,14H,9-12H2,1-4H3. The molecule has 106 valence electrons. The van der Waals surface area contributed by atoms with Crippen molar-refractivity contribution in [2.24, 2.45) is 0 Å². The lowest BCUT2D eigenvalue weighted by Crippen LogP contribution is -2.31. The molecule has 0 aliphatic carbocycles. The van der Waals surface area contributed by atoms with Crippen molar-refractivity contribution in [3.8, 4) is 0 Å². The van der Waals surface area contributed by atoms with E-state index in [1.165, 1.54) is 17.7 Å². The normalized spacial score (nSPS) is 12.7. The Morgan fingerprint density at radius 1 is 1.32 bits per heavy atom. The lowest BCUT2D eigenvalue weighted by Gasteiger charge is -2.24. The van der Waals surface area contributed by atoms with Crippen molar-refractivity contribution in [2.75, 3.05) is 25.6 Å². The molecule has 0 aromatic heterocycles. The van der Waals surface area contributed by atoms with Crippen LogP contribution in [0.1, 0.15) is 35.7 Å². The monoisotopic (exact) mass is 279 g/mol. The quantitative estimate of drug-likeness (QED) is 0.678. The van der Waals surface area contributed by atoms with E-state index in [4.69, 9.17) is 0 Å².